The summed E-state index contributed by atoms with van der Waals surface area (Å²) in [5, 5.41) is 16.4. The van der Waals surface area contributed by atoms with Crippen LogP contribution < -0.4 is 5.73 Å². The van der Waals surface area contributed by atoms with Crippen molar-refractivity contribution in [2.75, 3.05) is 0 Å². The topological polar surface area (TPSA) is 89.3 Å². The summed E-state index contributed by atoms with van der Waals surface area (Å²) >= 11 is 0. The van der Waals surface area contributed by atoms with Gasteiger partial charge in [0, 0.05) is 34.3 Å². The van der Waals surface area contributed by atoms with E-state index in [2.05, 4.69) is 52.5 Å². The Morgan fingerprint density at radius 1 is 0.971 bits per heavy atom. The van der Waals surface area contributed by atoms with E-state index in [-0.39, 0.29) is 0 Å². The van der Waals surface area contributed by atoms with Crippen LogP contribution in [0.4, 0.5) is 0 Å². The quantitative estimate of drug-likeness (QED) is 0.393. The van der Waals surface area contributed by atoms with E-state index in [0.29, 0.717) is 18.8 Å². The number of aromatic nitrogens is 4. The van der Waals surface area contributed by atoms with Crippen LogP contribution >= 0.6 is 0 Å². The Hall–Kier alpha value is -3.61. The van der Waals surface area contributed by atoms with Gasteiger partial charge >= 0.3 is 0 Å². The Morgan fingerprint density at radius 2 is 1.71 bits per heavy atom. The van der Waals surface area contributed by atoms with Gasteiger partial charge in [-0.2, -0.15) is 9.61 Å². The number of benzene rings is 2. The van der Waals surface area contributed by atoms with Gasteiger partial charge in [0.1, 0.15) is 0 Å². The highest BCUT2D eigenvalue weighted by Gasteiger charge is 2.58. The number of aryl methyl sites for hydroxylation is 1. The molecule has 0 bridgehead atoms. The maximum absolute atomic E-state index is 10.8. The molecule has 2 aliphatic carbocycles. The summed E-state index contributed by atoms with van der Waals surface area (Å²) in [5.74, 6) is 0.436. The second-order valence-electron chi connectivity index (χ2n) is 10.4. The van der Waals surface area contributed by atoms with Crippen molar-refractivity contribution in [1.29, 1.82) is 0 Å². The van der Waals surface area contributed by atoms with Crippen LogP contribution in [0, 0.1) is 12.8 Å². The molecule has 35 heavy (non-hydrogen) atoms. The Labute approximate surface area is 203 Å². The number of hydrogen-bond acceptors (Lipinski definition) is 5. The normalized spacial score (nSPS) is 24.1. The minimum atomic E-state index is -0.574. The minimum absolute atomic E-state index is 0.436. The van der Waals surface area contributed by atoms with Gasteiger partial charge in [0.25, 0.3) is 0 Å². The Balaban J connectivity index is 1.35. The fraction of sp³-hybridized carbons (Fsp3) is 0.276. The van der Waals surface area contributed by atoms with E-state index in [1.165, 1.54) is 0 Å². The van der Waals surface area contributed by atoms with Crippen LogP contribution in [-0.2, 0) is 5.54 Å². The van der Waals surface area contributed by atoms with Crippen LogP contribution in [0.2, 0.25) is 0 Å². The Kier molecular flexibility index (Phi) is 4.26. The van der Waals surface area contributed by atoms with Crippen molar-refractivity contribution in [2.24, 2.45) is 11.7 Å². The Bertz CT molecular complexity index is 1580. The predicted molar refractivity (Wildman–Crippen MR) is 137 cm³/mol. The van der Waals surface area contributed by atoms with Crippen LogP contribution in [0.5, 0.6) is 0 Å². The van der Waals surface area contributed by atoms with Gasteiger partial charge in [-0.25, -0.2) is 9.97 Å². The molecule has 6 nitrogen and oxygen atoms in total. The van der Waals surface area contributed by atoms with Crippen LogP contribution in [0.3, 0.4) is 0 Å². The van der Waals surface area contributed by atoms with Crippen LogP contribution in [0.25, 0.3) is 39.1 Å². The van der Waals surface area contributed by atoms with Gasteiger partial charge < -0.3 is 10.8 Å². The summed E-state index contributed by atoms with van der Waals surface area (Å²) in [4.78, 5) is 9.71. The molecule has 0 saturated heterocycles. The zero-order chi connectivity index (χ0) is 23.8. The van der Waals surface area contributed by atoms with Crippen LogP contribution in [0.15, 0.2) is 72.9 Å². The van der Waals surface area contributed by atoms with E-state index in [4.69, 9.17) is 10.7 Å². The molecule has 3 heterocycles. The third-order valence-corrected chi connectivity index (χ3v) is 7.78. The molecule has 174 valence electrons. The molecule has 7 rings (SSSR count). The molecule has 0 radical (unpaired) electrons. The summed E-state index contributed by atoms with van der Waals surface area (Å²) in [6.07, 6.45) is 5.39. The molecule has 3 aromatic heterocycles. The predicted octanol–water partition coefficient (Wildman–Crippen LogP) is 5.01. The van der Waals surface area contributed by atoms with Crippen LogP contribution in [0.1, 0.15) is 36.9 Å². The fourth-order valence-electron chi connectivity index (χ4n) is 5.83. The average Bonchev–Trinajstić information content (AvgIpc) is 3.64. The standard InChI is InChI=1S/C29H27N5O/c1-18-13-25-31-15-21-14-24(19-5-3-2-4-6-19)26(32-27(21)34(25)33-18)20-7-9-22(10-8-20)28(30)16-29(35,17-28)23-11-12-23/h2-10,13-15,23,35H,11-12,16-17,30H2,1H3/t28-,29-. The molecule has 0 unspecified atom stereocenters. The number of aliphatic hydroxyl groups is 1. The monoisotopic (exact) mass is 461 g/mol. The van der Waals surface area contributed by atoms with Gasteiger partial charge in [0.15, 0.2) is 11.3 Å². The number of nitrogens with two attached hydrogens (primary N) is 1. The maximum Gasteiger partial charge on any atom is 0.165 e. The zero-order valence-electron chi connectivity index (χ0n) is 19.6. The Morgan fingerprint density at radius 3 is 2.43 bits per heavy atom. The zero-order valence-corrected chi connectivity index (χ0v) is 19.6. The number of hydrogen-bond donors (Lipinski definition) is 2. The SMILES string of the molecule is Cc1cc2ncc3cc(-c4ccccc4)c(-c4ccc([C@]5(N)C[C@@](O)(C6CC6)C5)cc4)nc3n2n1. The molecular weight excluding hydrogens is 434 g/mol. The number of nitrogens with zero attached hydrogens (tertiary/aromatic N) is 4. The van der Waals surface area contributed by atoms with E-state index >= 15 is 0 Å². The molecule has 2 aliphatic rings. The summed E-state index contributed by atoms with van der Waals surface area (Å²) < 4.78 is 1.82. The lowest BCUT2D eigenvalue weighted by molar-refractivity contribution is -0.106. The molecule has 2 saturated carbocycles. The lowest BCUT2D eigenvalue weighted by Gasteiger charge is -2.52. The largest absolute Gasteiger partial charge is 0.389 e. The van der Waals surface area contributed by atoms with Crippen molar-refractivity contribution in [2.45, 2.75) is 43.7 Å². The van der Waals surface area contributed by atoms with Crippen molar-refractivity contribution in [3.8, 4) is 22.4 Å². The number of pyridine rings is 1. The first kappa shape index (κ1) is 20.7. The molecule has 5 aromatic rings. The first-order valence-corrected chi connectivity index (χ1v) is 12.3. The summed E-state index contributed by atoms with van der Waals surface area (Å²) in [5.41, 5.74) is 13.3. The molecule has 0 atom stereocenters. The lowest BCUT2D eigenvalue weighted by Crippen LogP contribution is -2.60. The van der Waals surface area contributed by atoms with Gasteiger partial charge in [-0.1, -0.05) is 54.6 Å². The highest BCUT2D eigenvalue weighted by atomic mass is 16.3. The first-order chi connectivity index (χ1) is 16.9. The second kappa shape index (κ2) is 7.20. The molecule has 2 fully saturated rings. The molecule has 0 aliphatic heterocycles. The van der Waals surface area contributed by atoms with E-state index in [9.17, 15) is 5.11 Å². The summed E-state index contributed by atoms with van der Waals surface area (Å²) in [6, 6.07) is 22.8. The summed E-state index contributed by atoms with van der Waals surface area (Å²) in [6.45, 7) is 1.96. The number of fused-ring (bicyclic) bond motifs is 3. The van der Waals surface area contributed by atoms with Gasteiger partial charge in [0.2, 0.25) is 0 Å². The maximum atomic E-state index is 10.8. The average molecular weight is 462 g/mol. The van der Waals surface area contributed by atoms with E-state index in [1.54, 1.807) is 0 Å². The van der Waals surface area contributed by atoms with Gasteiger partial charge in [0.05, 0.1) is 17.0 Å². The van der Waals surface area contributed by atoms with E-state index in [0.717, 1.165) is 63.2 Å². The van der Waals surface area contributed by atoms with Gasteiger partial charge in [-0.3, -0.25) is 0 Å². The molecule has 0 spiro atoms. The van der Waals surface area contributed by atoms with Gasteiger partial charge in [-0.15, -0.1) is 0 Å². The van der Waals surface area contributed by atoms with Crippen molar-refractivity contribution in [3.63, 3.8) is 0 Å². The molecular formula is C29H27N5O. The fourth-order valence-corrected chi connectivity index (χ4v) is 5.83. The van der Waals surface area contributed by atoms with Crippen molar-refractivity contribution in [3.05, 3.63) is 84.2 Å². The highest BCUT2D eigenvalue weighted by Crippen LogP contribution is 2.57. The smallest absolute Gasteiger partial charge is 0.165 e. The second-order valence-corrected chi connectivity index (χ2v) is 10.4. The van der Waals surface area contributed by atoms with Crippen LogP contribution in [-0.4, -0.2) is 30.3 Å². The summed E-state index contributed by atoms with van der Waals surface area (Å²) in [7, 11) is 0. The van der Waals surface area contributed by atoms with Crippen molar-refractivity contribution < 1.29 is 5.11 Å². The molecule has 3 N–H and O–H groups in total. The molecule has 6 heteroatoms. The lowest BCUT2D eigenvalue weighted by atomic mass is 9.60. The van der Waals surface area contributed by atoms with Crippen molar-refractivity contribution >= 4 is 16.7 Å². The van der Waals surface area contributed by atoms with Gasteiger partial charge in [-0.05, 0) is 55.7 Å². The third kappa shape index (κ3) is 3.28. The molecule has 2 aromatic carbocycles. The van der Waals surface area contributed by atoms with E-state index < -0.39 is 11.1 Å². The number of rotatable bonds is 4. The van der Waals surface area contributed by atoms with E-state index in [1.807, 2.05) is 41.9 Å². The minimum Gasteiger partial charge on any atom is -0.389 e. The first-order valence-electron chi connectivity index (χ1n) is 12.3. The highest BCUT2D eigenvalue weighted by molar-refractivity contribution is 5.90. The third-order valence-electron chi connectivity index (χ3n) is 7.78. The van der Waals surface area contributed by atoms with Crippen molar-refractivity contribution in [1.82, 2.24) is 19.6 Å². The molecule has 0 amide bonds.